The first-order valence-electron chi connectivity index (χ1n) is 6.86. The van der Waals surface area contributed by atoms with Gasteiger partial charge in [-0.05, 0) is 30.7 Å². The van der Waals surface area contributed by atoms with Crippen molar-refractivity contribution in [1.29, 1.82) is 0 Å². The van der Waals surface area contributed by atoms with Crippen LogP contribution in [-0.4, -0.2) is 32.5 Å². The van der Waals surface area contributed by atoms with Crippen LogP contribution < -0.4 is 4.74 Å². The molecule has 0 unspecified atom stereocenters. The number of esters is 1. The van der Waals surface area contributed by atoms with E-state index in [1.54, 1.807) is 7.11 Å². The lowest BCUT2D eigenvalue weighted by atomic mass is 9.81. The average molecular weight is 293 g/mol. The van der Waals surface area contributed by atoms with E-state index in [4.69, 9.17) is 9.57 Å². The molecule has 0 aliphatic carbocycles. The van der Waals surface area contributed by atoms with Crippen LogP contribution in [0.1, 0.15) is 32.8 Å². The highest BCUT2D eigenvalue weighted by Gasteiger charge is 2.25. The first-order chi connectivity index (χ1) is 9.94. The number of hydrogen-bond donors (Lipinski definition) is 0. The maximum Gasteiger partial charge on any atom is 0.346 e. The van der Waals surface area contributed by atoms with E-state index in [1.807, 2.05) is 24.3 Å². The number of ether oxygens (including phenoxy) is 2. The molecule has 0 radical (unpaired) electrons. The van der Waals surface area contributed by atoms with E-state index in [2.05, 4.69) is 30.7 Å². The van der Waals surface area contributed by atoms with Crippen LogP contribution in [0.25, 0.3) is 0 Å². The van der Waals surface area contributed by atoms with E-state index < -0.39 is 5.97 Å². The summed E-state index contributed by atoms with van der Waals surface area (Å²) in [6.07, 6.45) is 0.888. The summed E-state index contributed by atoms with van der Waals surface area (Å²) in [5.41, 5.74) is 1.55. The molecule has 0 amide bonds. The van der Waals surface area contributed by atoms with Crippen molar-refractivity contribution >= 4 is 11.7 Å². The molecule has 0 aliphatic heterocycles. The van der Waals surface area contributed by atoms with Gasteiger partial charge in [0.1, 0.15) is 5.75 Å². The van der Waals surface area contributed by atoms with Gasteiger partial charge >= 0.3 is 5.97 Å². The van der Waals surface area contributed by atoms with Gasteiger partial charge in [-0.1, -0.05) is 25.9 Å². The molecular weight excluding hydrogens is 270 g/mol. The first-order valence-corrected chi connectivity index (χ1v) is 6.86. The Morgan fingerprint density at radius 2 is 1.81 bits per heavy atom. The average Bonchev–Trinajstić information content (AvgIpc) is 2.51. The van der Waals surface area contributed by atoms with Crippen LogP contribution in [0.4, 0.5) is 0 Å². The lowest BCUT2D eigenvalue weighted by Crippen LogP contribution is -2.25. The monoisotopic (exact) mass is 293 g/mol. The summed E-state index contributed by atoms with van der Waals surface area (Å²) >= 11 is 0. The van der Waals surface area contributed by atoms with Crippen molar-refractivity contribution in [2.45, 2.75) is 27.2 Å². The molecule has 0 aromatic heterocycles. The highest BCUT2D eigenvalue weighted by atomic mass is 16.6. The highest BCUT2D eigenvalue weighted by molar-refractivity contribution is 6.04. The van der Waals surface area contributed by atoms with E-state index in [0.717, 1.165) is 23.4 Å². The molecule has 0 fully saturated rings. The molecule has 0 aliphatic rings. The SMILES string of the molecule is CCC(C)(C)/C(=N/OCC(=O)OC)c1ccc(OC)cc1. The Kier molecular flexibility index (Phi) is 6.21. The van der Waals surface area contributed by atoms with E-state index in [-0.39, 0.29) is 12.0 Å². The highest BCUT2D eigenvalue weighted by Crippen LogP contribution is 2.27. The van der Waals surface area contributed by atoms with Crippen LogP contribution in [0, 0.1) is 5.41 Å². The number of carbonyl (C=O) groups excluding carboxylic acids is 1. The van der Waals surface area contributed by atoms with Crippen molar-refractivity contribution in [1.82, 2.24) is 0 Å². The number of carbonyl (C=O) groups is 1. The van der Waals surface area contributed by atoms with Crippen molar-refractivity contribution in [3.05, 3.63) is 29.8 Å². The molecule has 0 saturated heterocycles. The van der Waals surface area contributed by atoms with Crippen LogP contribution in [0.5, 0.6) is 5.75 Å². The minimum Gasteiger partial charge on any atom is -0.497 e. The van der Waals surface area contributed by atoms with E-state index >= 15 is 0 Å². The molecule has 1 aromatic rings. The largest absolute Gasteiger partial charge is 0.497 e. The molecule has 0 N–H and O–H groups in total. The molecule has 21 heavy (non-hydrogen) atoms. The quantitative estimate of drug-likeness (QED) is 0.440. The standard InChI is InChI=1S/C16H23NO4/c1-6-16(2,3)15(17-21-11-14(18)20-5)12-7-9-13(19-4)10-8-12/h7-10H,6,11H2,1-5H3/b17-15+. The second-order valence-electron chi connectivity index (χ2n) is 5.26. The Balaban J connectivity index is 3.01. The fourth-order valence-corrected chi connectivity index (χ4v) is 1.69. The summed E-state index contributed by atoms with van der Waals surface area (Å²) in [7, 11) is 2.94. The van der Waals surface area contributed by atoms with Crippen LogP contribution in [0.15, 0.2) is 29.4 Å². The lowest BCUT2D eigenvalue weighted by Gasteiger charge is -2.24. The van der Waals surface area contributed by atoms with Crippen molar-refractivity contribution in [2.24, 2.45) is 10.6 Å². The van der Waals surface area contributed by atoms with Gasteiger partial charge in [-0.15, -0.1) is 0 Å². The van der Waals surface area contributed by atoms with Gasteiger partial charge in [-0.3, -0.25) is 0 Å². The minimum atomic E-state index is -0.456. The molecule has 0 atom stereocenters. The minimum absolute atomic E-state index is 0.176. The summed E-state index contributed by atoms with van der Waals surface area (Å²) in [5, 5.41) is 4.15. The van der Waals surface area contributed by atoms with Crippen LogP contribution in [-0.2, 0) is 14.4 Å². The number of rotatable bonds is 7. The van der Waals surface area contributed by atoms with Crippen molar-refractivity contribution < 1.29 is 19.1 Å². The normalized spacial score (nSPS) is 12.0. The van der Waals surface area contributed by atoms with Crippen molar-refractivity contribution in [3.8, 4) is 5.75 Å². The van der Waals surface area contributed by atoms with Gasteiger partial charge in [0.05, 0.1) is 19.9 Å². The first kappa shape index (κ1) is 17.0. The zero-order chi connectivity index (χ0) is 15.9. The predicted octanol–water partition coefficient (Wildman–Crippen LogP) is 3.03. The van der Waals surface area contributed by atoms with Gasteiger partial charge in [-0.25, -0.2) is 4.79 Å². The molecule has 0 heterocycles. The lowest BCUT2D eigenvalue weighted by molar-refractivity contribution is -0.145. The maximum atomic E-state index is 11.1. The van der Waals surface area contributed by atoms with Gasteiger partial charge in [0.15, 0.2) is 0 Å². The molecular formula is C16H23NO4. The molecule has 1 rings (SSSR count). The zero-order valence-corrected chi connectivity index (χ0v) is 13.3. The molecule has 0 bridgehead atoms. The number of oxime groups is 1. The van der Waals surface area contributed by atoms with Crippen molar-refractivity contribution in [3.63, 3.8) is 0 Å². The third kappa shape index (κ3) is 4.77. The van der Waals surface area contributed by atoms with Gasteiger partial charge in [-0.2, -0.15) is 0 Å². The number of methoxy groups -OCH3 is 2. The summed E-state index contributed by atoms with van der Waals surface area (Å²) < 4.78 is 9.69. The van der Waals surface area contributed by atoms with Crippen LogP contribution in [0.3, 0.4) is 0 Å². The van der Waals surface area contributed by atoms with E-state index in [1.165, 1.54) is 7.11 Å². The van der Waals surface area contributed by atoms with Gasteiger partial charge in [0.2, 0.25) is 6.61 Å². The molecule has 5 heteroatoms. The Labute approximate surface area is 125 Å². The molecule has 5 nitrogen and oxygen atoms in total. The predicted molar refractivity (Wildman–Crippen MR) is 81.6 cm³/mol. The van der Waals surface area contributed by atoms with Crippen LogP contribution in [0.2, 0.25) is 0 Å². The van der Waals surface area contributed by atoms with Gasteiger partial charge in [0, 0.05) is 11.0 Å². The fraction of sp³-hybridized carbons (Fsp3) is 0.500. The van der Waals surface area contributed by atoms with Crippen LogP contribution >= 0.6 is 0 Å². The maximum absolute atomic E-state index is 11.1. The number of benzene rings is 1. The topological polar surface area (TPSA) is 57.1 Å². The summed E-state index contributed by atoms with van der Waals surface area (Å²) in [5.74, 6) is 0.324. The Morgan fingerprint density at radius 1 is 1.19 bits per heavy atom. The third-order valence-corrected chi connectivity index (χ3v) is 3.45. The Bertz CT molecular complexity index is 492. The van der Waals surface area contributed by atoms with Gasteiger partial charge in [0.25, 0.3) is 0 Å². The summed E-state index contributed by atoms with van der Waals surface area (Å²) in [4.78, 5) is 16.2. The zero-order valence-electron chi connectivity index (χ0n) is 13.3. The molecule has 116 valence electrons. The number of nitrogens with zero attached hydrogens (tertiary/aromatic N) is 1. The fourth-order valence-electron chi connectivity index (χ4n) is 1.69. The smallest absolute Gasteiger partial charge is 0.346 e. The Hall–Kier alpha value is -2.04. The van der Waals surface area contributed by atoms with E-state index in [0.29, 0.717) is 0 Å². The molecule has 1 aromatic carbocycles. The Morgan fingerprint density at radius 3 is 2.29 bits per heavy atom. The summed E-state index contributed by atoms with van der Waals surface area (Å²) in [6, 6.07) is 7.60. The molecule has 0 spiro atoms. The van der Waals surface area contributed by atoms with E-state index in [9.17, 15) is 4.79 Å². The van der Waals surface area contributed by atoms with Gasteiger partial charge < -0.3 is 14.3 Å². The van der Waals surface area contributed by atoms with Crippen molar-refractivity contribution in [2.75, 3.05) is 20.8 Å². The third-order valence-electron chi connectivity index (χ3n) is 3.45. The second-order valence-corrected chi connectivity index (χ2v) is 5.26. The second kappa shape index (κ2) is 7.67. The molecule has 0 saturated carbocycles. The summed E-state index contributed by atoms with van der Waals surface area (Å²) in [6.45, 7) is 6.05. The number of hydrogen-bond acceptors (Lipinski definition) is 5.